The van der Waals surface area contributed by atoms with Gasteiger partial charge in [-0.2, -0.15) is 11.8 Å². The van der Waals surface area contributed by atoms with Crippen LogP contribution in [0.5, 0.6) is 0 Å². The molecule has 0 amide bonds. The van der Waals surface area contributed by atoms with Gasteiger partial charge in [-0.05, 0) is 77.8 Å². The highest BCUT2D eigenvalue weighted by Gasteiger charge is 2.24. The van der Waals surface area contributed by atoms with Gasteiger partial charge < -0.3 is 15.5 Å². The first-order chi connectivity index (χ1) is 10.8. The molecule has 0 aromatic heterocycles. The maximum Gasteiger partial charge on any atom is 0.191 e. The van der Waals surface area contributed by atoms with Gasteiger partial charge in [-0.15, -0.1) is 0 Å². The maximum absolute atomic E-state index is 4.76. The summed E-state index contributed by atoms with van der Waals surface area (Å²) in [4.78, 5) is 7.35. The van der Waals surface area contributed by atoms with E-state index in [-0.39, 0.29) is 0 Å². The number of nitrogens with one attached hydrogen (secondary N) is 2. The molecule has 2 atom stereocenters. The lowest BCUT2D eigenvalue weighted by Gasteiger charge is -2.17. The lowest BCUT2D eigenvalue weighted by molar-refractivity contribution is 0.331. The number of aliphatic imine (C=N–C) groups is 1. The molecule has 0 spiro atoms. The molecule has 1 heterocycles. The van der Waals surface area contributed by atoms with E-state index in [0.717, 1.165) is 24.3 Å². The molecule has 1 saturated carbocycles. The number of likely N-dealkylation sites (tertiary alicyclic amines) is 1. The van der Waals surface area contributed by atoms with Gasteiger partial charge in [0.1, 0.15) is 0 Å². The Bertz CT molecular complexity index is 329. The molecule has 2 aliphatic rings. The van der Waals surface area contributed by atoms with E-state index in [1.807, 2.05) is 11.8 Å². The van der Waals surface area contributed by atoms with Crippen LogP contribution in [0.2, 0.25) is 0 Å². The van der Waals surface area contributed by atoms with E-state index < -0.39 is 0 Å². The summed E-state index contributed by atoms with van der Waals surface area (Å²) in [6.45, 7) is 7.92. The predicted octanol–water partition coefficient (Wildman–Crippen LogP) is 2.70. The van der Waals surface area contributed by atoms with Crippen molar-refractivity contribution in [1.82, 2.24) is 15.5 Å². The van der Waals surface area contributed by atoms with Crippen LogP contribution in [0.1, 0.15) is 51.9 Å². The predicted molar refractivity (Wildman–Crippen MR) is 99.0 cm³/mol. The highest BCUT2D eigenvalue weighted by Crippen LogP contribution is 2.27. The van der Waals surface area contributed by atoms with Crippen LogP contribution in [0.15, 0.2) is 4.99 Å². The minimum atomic E-state index is 0.611. The fourth-order valence-corrected chi connectivity index (χ4v) is 4.24. The quantitative estimate of drug-likeness (QED) is 0.409. The zero-order valence-corrected chi connectivity index (χ0v) is 15.3. The molecule has 0 aromatic rings. The van der Waals surface area contributed by atoms with Crippen LogP contribution in [0.25, 0.3) is 0 Å². The summed E-state index contributed by atoms with van der Waals surface area (Å²) in [6, 6.07) is 0.611. The van der Waals surface area contributed by atoms with E-state index in [0.29, 0.717) is 6.04 Å². The number of unbranched alkanes of at least 4 members (excludes halogenated alkanes) is 1. The van der Waals surface area contributed by atoms with Crippen molar-refractivity contribution in [3.63, 3.8) is 0 Å². The zero-order valence-electron chi connectivity index (χ0n) is 14.4. The van der Waals surface area contributed by atoms with Crippen molar-refractivity contribution < 1.29 is 0 Å². The minimum Gasteiger partial charge on any atom is -0.357 e. The second kappa shape index (κ2) is 10.4. The van der Waals surface area contributed by atoms with Gasteiger partial charge in [0, 0.05) is 24.4 Å². The Morgan fingerprint density at radius 2 is 2.05 bits per heavy atom. The number of hydrogen-bond donors (Lipinski definition) is 2. The van der Waals surface area contributed by atoms with Gasteiger partial charge in [-0.25, -0.2) is 0 Å². The molecule has 1 aliphatic carbocycles. The summed E-state index contributed by atoms with van der Waals surface area (Å²) < 4.78 is 0. The average Bonchev–Trinajstić information content (AvgIpc) is 3.18. The third kappa shape index (κ3) is 6.37. The molecule has 2 unspecified atom stereocenters. The zero-order chi connectivity index (χ0) is 15.6. The first-order valence-electron chi connectivity index (χ1n) is 9.11. The monoisotopic (exact) mass is 326 g/mol. The topological polar surface area (TPSA) is 39.7 Å². The standard InChI is InChI=1S/C17H34N4S/c1-3-18-17(20-15-8-9-16(14-15)22-2)19-10-4-5-11-21-12-6-7-13-21/h15-16H,3-14H2,1-2H3,(H2,18,19,20). The Labute approximate surface area is 140 Å². The number of nitrogens with zero attached hydrogens (tertiary/aromatic N) is 2. The highest BCUT2D eigenvalue weighted by atomic mass is 32.2. The van der Waals surface area contributed by atoms with Gasteiger partial charge >= 0.3 is 0 Å². The van der Waals surface area contributed by atoms with Crippen molar-refractivity contribution in [1.29, 1.82) is 0 Å². The number of guanidine groups is 1. The summed E-state index contributed by atoms with van der Waals surface area (Å²) in [6.07, 6.45) is 11.4. The Balaban J connectivity index is 1.63. The van der Waals surface area contributed by atoms with Crippen LogP contribution < -0.4 is 10.6 Å². The second-order valence-corrected chi connectivity index (χ2v) is 7.67. The van der Waals surface area contributed by atoms with E-state index in [1.54, 1.807) is 0 Å². The van der Waals surface area contributed by atoms with Gasteiger partial charge in [0.2, 0.25) is 0 Å². The van der Waals surface area contributed by atoms with Crippen molar-refractivity contribution in [3.05, 3.63) is 0 Å². The van der Waals surface area contributed by atoms with E-state index in [9.17, 15) is 0 Å². The lowest BCUT2D eigenvalue weighted by Crippen LogP contribution is -2.42. The van der Waals surface area contributed by atoms with Crippen LogP contribution >= 0.6 is 11.8 Å². The summed E-state index contributed by atoms with van der Waals surface area (Å²) >= 11 is 2.01. The largest absolute Gasteiger partial charge is 0.357 e. The van der Waals surface area contributed by atoms with E-state index >= 15 is 0 Å². The van der Waals surface area contributed by atoms with Crippen LogP contribution in [-0.4, -0.2) is 61.1 Å². The van der Waals surface area contributed by atoms with Crippen LogP contribution in [-0.2, 0) is 0 Å². The Hall–Kier alpha value is -0.420. The molecule has 1 aliphatic heterocycles. The van der Waals surface area contributed by atoms with E-state index in [4.69, 9.17) is 4.99 Å². The summed E-state index contributed by atoms with van der Waals surface area (Å²) in [7, 11) is 0. The first-order valence-corrected chi connectivity index (χ1v) is 10.4. The molecule has 128 valence electrons. The molecule has 2 N–H and O–H groups in total. The van der Waals surface area contributed by atoms with Crippen molar-refractivity contribution >= 4 is 17.7 Å². The molecule has 5 heteroatoms. The molecular formula is C17H34N4S. The van der Waals surface area contributed by atoms with Crippen LogP contribution in [0.3, 0.4) is 0 Å². The fourth-order valence-electron chi connectivity index (χ4n) is 3.44. The Kier molecular flexibility index (Phi) is 8.45. The molecule has 4 nitrogen and oxygen atoms in total. The second-order valence-electron chi connectivity index (χ2n) is 6.53. The number of thioether (sulfide) groups is 1. The highest BCUT2D eigenvalue weighted by molar-refractivity contribution is 7.99. The molecule has 0 bridgehead atoms. The molecule has 0 aromatic carbocycles. The number of rotatable bonds is 8. The van der Waals surface area contributed by atoms with Gasteiger partial charge in [0.15, 0.2) is 5.96 Å². The van der Waals surface area contributed by atoms with Gasteiger partial charge in [-0.1, -0.05) is 0 Å². The SMILES string of the molecule is CCNC(=NCCCCN1CCCC1)NC1CCC(SC)C1. The third-order valence-electron chi connectivity index (χ3n) is 4.75. The summed E-state index contributed by atoms with van der Waals surface area (Å²) in [5.41, 5.74) is 0. The summed E-state index contributed by atoms with van der Waals surface area (Å²) in [5.74, 6) is 1.02. The first kappa shape index (κ1) is 17.9. The van der Waals surface area contributed by atoms with Gasteiger partial charge in [0.25, 0.3) is 0 Å². The van der Waals surface area contributed by atoms with Crippen molar-refractivity contribution in [3.8, 4) is 0 Å². The smallest absolute Gasteiger partial charge is 0.191 e. The average molecular weight is 327 g/mol. The van der Waals surface area contributed by atoms with Crippen molar-refractivity contribution in [2.24, 2.45) is 4.99 Å². The van der Waals surface area contributed by atoms with Gasteiger partial charge in [0.05, 0.1) is 0 Å². The molecule has 2 rings (SSSR count). The molecule has 1 saturated heterocycles. The maximum atomic E-state index is 4.76. The molecule has 22 heavy (non-hydrogen) atoms. The lowest BCUT2D eigenvalue weighted by atomic mass is 10.2. The number of hydrogen-bond acceptors (Lipinski definition) is 3. The van der Waals surface area contributed by atoms with E-state index in [1.165, 1.54) is 64.6 Å². The van der Waals surface area contributed by atoms with Crippen molar-refractivity contribution in [2.45, 2.75) is 63.2 Å². The Morgan fingerprint density at radius 1 is 1.23 bits per heavy atom. The normalized spacial score (nSPS) is 26.5. The van der Waals surface area contributed by atoms with Crippen LogP contribution in [0.4, 0.5) is 0 Å². The molecular weight excluding hydrogens is 292 g/mol. The van der Waals surface area contributed by atoms with Crippen molar-refractivity contribution in [2.75, 3.05) is 39.0 Å². The molecule has 0 radical (unpaired) electrons. The summed E-state index contributed by atoms with van der Waals surface area (Å²) in [5, 5.41) is 7.86. The Morgan fingerprint density at radius 3 is 2.73 bits per heavy atom. The fraction of sp³-hybridized carbons (Fsp3) is 0.941. The van der Waals surface area contributed by atoms with E-state index in [2.05, 4.69) is 28.7 Å². The minimum absolute atomic E-state index is 0.611. The third-order valence-corrected chi connectivity index (χ3v) is 5.85. The molecule has 2 fully saturated rings. The van der Waals surface area contributed by atoms with Crippen LogP contribution in [0, 0.1) is 0 Å². The van der Waals surface area contributed by atoms with Gasteiger partial charge in [-0.3, -0.25) is 4.99 Å².